The number of fused-ring (bicyclic) bond motifs is 1. The first kappa shape index (κ1) is 16.1. The molecule has 0 unspecified atom stereocenters. The van der Waals surface area contributed by atoms with Crippen LogP contribution in [-0.2, 0) is 11.8 Å². The molecule has 0 aliphatic carbocycles. The van der Waals surface area contributed by atoms with Gasteiger partial charge in [-0.25, -0.2) is 4.98 Å². The third-order valence-corrected chi connectivity index (χ3v) is 4.58. The Hall–Kier alpha value is -2.73. The lowest BCUT2D eigenvalue weighted by Crippen LogP contribution is -2.37. The maximum atomic E-state index is 12.0. The van der Waals surface area contributed by atoms with Gasteiger partial charge in [0.1, 0.15) is 0 Å². The molecule has 0 saturated carbocycles. The van der Waals surface area contributed by atoms with Crippen molar-refractivity contribution >= 4 is 34.4 Å². The highest BCUT2D eigenvalue weighted by Gasteiger charge is 2.10. The smallest absolute Gasteiger partial charge is 0.248 e. The molecule has 6 heteroatoms. The molecule has 0 atom stereocenters. The van der Waals surface area contributed by atoms with E-state index in [1.807, 2.05) is 66.2 Å². The minimum absolute atomic E-state index is 0.135. The standard InChI is InChI=1S/C18H18N4OS/c1-13(14-8-4-3-5-9-14)20-21-17(23)12-24-18-19-15-10-6-7-11-16(15)22(18)2/h3-11,20H,1,12H2,2H3,(H,21,23). The van der Waals surface area contributed by atoms with Gasteiger partial charge in [-0.3, -0.25) is 15.6 Å². The molecular weight excluding hydrogens is 320 g/mol. The molecule has 0 saturated heterocycles. The lowest BCUT2D eigenvalue weighted by molar-refractivity contribution is -0.119. The zero-order chi connectivity index (χ0) is 16.9. The molecule has 0 radical (unpaired) electrons. The van der Waals surface area contributed by atoms with Gasteiger partial charge in [-0.15, -0.1) is 0 Å². The number of benzene rings is 2. The van der Waals surface area contributed by atoms with Crippen molar-refractivity contribution in [3.05, 3.63) is 66.7 Å². The average Bonchev–Trinajstić information content (AvgIpc) is 2.95. The van der Waals surface area contributed by atoms with Gasteiger partial charge in [0.05, 0.1) is 22.5 Å². The number of nitrogens with one attached hydrogen (secondary N) is 2. The largest absolute Gasteiger partial charge is 0.322 e. The number of rotatable bonds is 6. The number of aryl methyl sites for hydroxylation is 1. The zero-order valence-corrected chi connectivity index (χ0v) is 14.1. The van der Waals surface area contributed by atoms with Crippen LogP contribution in [-0.4, -0.2) is 21.2 Å². The van der Waals surface area contributed by atoms with Gasteiger partial charge >= 0.3 is 0 Å². The second-order valence-corrected chi connectivity index (χ2v) is 6.19. The second-order valence-electron chi connectivity index (χ2n) is 5.25. The Labute approximate surface area is 144 Å². The predicted octanol–water partition coefficient (Wildman–Crippen LogP) is 2.96. The predicted molar refractivity (Wildman–Crippen MR) is 98.2 cm³/mol. The van der Waals surface area contributed by atoms with Crippen molar-refractivity contribution in [1.29, 1.82) is 0 Å². The molecule has 0 fully saturated rings. The number of hydrazine groups is 1. The van der Waals surface area contributed by atoms with E-state index in [-0.39, 0.29) is 11.7 Å². The van der Waals surface area contributed by atoms with Crippen molar-refractivity contribution in [3.8, 4) is 0 Å². The van der Waals surface area contributed by atoms with Gasteiger partial charge in [0.25, 0.3) is 0 Å². The van der Waals surface area contributed by atoms with Crippen LogP contribution in [0.4, 0.5) is 0 Å². The number of carbonyl (C=O) groups is 1. The van der Waals surface area contributed by atoms with Crippen molar-refractivity contribution in [1.82, 2.24) is 20.4 Å². The Morgan fingerprint density at radius 1 is 1.12 bits per heavy atom. The Morgan fingerprint density at radius 3 is 2.58 bits per heavy atom. The summed E-state index contributed by atoms with van der Waals surface area (Å²) in [7, 11) is 1.95. The molecule has 2 aromatic carbocycles. The monoisotopic (exact) mass is 338 g/mol. The van der Waals surface area contributed by atoms with Crippen LogP contribution in [0.3, 0.4) is 0 Å². The number of aromatic nitrogens is 2. The van der Waals surface area contributed by atoms with E-state index in [4.69, 9.17) is 0 Å². The lowest BCUT2D eigenvalue weighted by Gasteiger charge is -2.11. The fraction of sp³-hybridized carbons (Fsp3) is 0.111. The highest BCUT2D eigenvalue weighted by molar-refractivity contribution is 7.99. The first-order valence-corrected chi connectivity index (χ1v) is 8.47. The average molecular weight is 338 g/mol. The van der Waals surface area contributed by atoms with Crippen LogP contribution in [0.2, 0.25) is 0 Å². The SMILES string of the molecule is C=C(NNC(=O)CSc1nc2ccccc2n1C)c1ccccc1. The van der Waals surface area contributed by atoms with Crippen molar-refractivity contribution in [2.45, 2.75) is 5.16 Å². The van der Waals surface area contributed by atoms with E-state index in [0.29, 0.717) is 5.70 Å². The number of hydrogen-bond donors (Lipinski definition) is 2. The third kappa shape index (κ3) is 3.60. The quantitative estimate of drug-likeness (QED) is 0.536. The highest BCUT2D eigenvalue weighted by Crippen LogP contribution is 2.22. The maximum absolute atomic E-state index is 12.0. The number of carbonyl (C=O) groups excluding carboxylic acids is 1. The van der Waals surface area contributed by atoms with Gasteiger partial charge in [-0.05, 0) is 17.7 Å². The number of thioether (sulfide) groups is 1. The number of hydrogen-bond acceptors (Lipinski definition) is 4. The van der Waals surface area contributed by atoms with E-state index in [1.165, 1.54) is 11.8 Å². The highest BCUT2D eigenvalue weighted by atomic mass is 32.2. The summed E-state index contributed by atoms with van der Waals surface area (Å²) >= 11 is 1.40. The fourth-order valence-corrected chi connectivity index (χ4v) is 3.06. The second kappa shape index (κ2) is 7.23. The molecule has 0 aliphatic rings. The molecule has 0 spiro atoms. The van der Waals surface area contributed by atoms with Crippen LogP contribution in [0.1, 0.15) is 5.56 Å². The van der Waals surface area contributed by atoms with Gasteiger partial charge in [0.2, 0.25) is 5.91 Å². The summed E-state index contributed by atoms with van der Waals surface area (Å²) in [6, 6.07) is 17.5. The minimum Gasteiger partial charge on any atom is -0.322 e. The Balaban J connectivity index is 1.54. The molecule has 122 valence electrons. The summed E-state index contributed by atoms with van der Waals surface area (Å²) in [6.45, 7) is 3.91. The van der Waals surface area contributed by atoms with Crippen molar-refractivity contribution in [3.63, 3.8) is 0 Å². The van der Waals surface area contributed by atoms with Crippen LogP contribution in [0.25, 0.3) is 16.7 Å². The summed E-state index contributed by atoms with van der Waals surface area (Å²) in [4.78, 5) is 16.5. The summed E-state index contributed by atoms with van der Waals surface area (Å²) in [6.07, 6.45) is 0. The number of para-hydroxylation sites is 2. The van der Waals surface area contributed by atoms with E-state index in [0.717, 1.165) is 21.8 Å². The number of nitrogens with zero attached hydrogens (tertiary/aromatic N) is 2. The molecule has 1 heterocycles. The summed E-state index contributed by atoms with van der Waals surface area (Å²) in [5.74, 6) is 0.135. The van der Waals surface area contributed by atoms with Crippen LogP contribution in [0.15, 0.2) is 66.3 Å². The van der Waals surface area contributed by atoms with Gasteiger partial charge in [-0.1, -0.05) is 60.8 Å². The minimum atomic E-state index is -0.135. The Kier molecular flexibility index (Phi) is 4.86. The summed E-state index contributed by atoms with van der Waals surface area (Å²) in [5.41, 5.74) is 9.06. The lowest BCUT2D eigenvalue weighted by atomic mass is 10.2. The van der Waals surface area contributed by atoms with E-state index in [2.05, 4.69) is 22.4 Å². The number of amides is 1. The Bertz CT molecular complexity index is 873. The molecule has 0 bridgehead atoms. The van der Waals surface area contributed by atoms with Gasteiger partial charge < -0.3 is 4.57 Å². The van der Waals surface area contributed by atoms with E-state index < -0.39 is 0 Å². The molecule has 3 rings (SSSR count). The Morgan fingerprint density at radius 2 is 1.83 bits per heavy atom. The molecule has 3 aromatic rings. The molecule has 24 heavy (non-hydrogen) atoms. The van der Waals surface area contributed by atoms with Gasteiger partial charge in [0.15, 0.2) is 5.16 Å². The molecule has 1 aromatic heterocycles. The van der Waals surface area contributed by atoms with Crippen molar-refractivity contribution < 1.29 is 4.79 Å². The van der Waals surface area contributed by atoms with Crippen LogP contribution in [0.5, 0.6) is 0 Å². The molecule has 5 nitrogen and oxygen atoms in total. The number of imidazole rings is 1. The normalized spacial score (nSPS) is 10.5. The maximum Gasteiger partial charge on any atom is 0.248 e. The fourth-order valence-electron chi connectivity index (χ4n) is 2.28. The van der Waals surface area contributed by atoms with E-state index >= 15 is 0 Å². The van der Waals surface area contributed by atoms with Crippen molar-refractivity contribution in [2.24, 2.45) is 7.05 Å². The van der Waals surface area contributed by atoms with Gasteiger partial charge in [0, 0.05) is 7.05 Å². The van der Waals surface area contributed by atoms with Crippen LogP contribution in [0, 0.1) is 0 Å². The van der Waals surface area contributed by atoms with Crippen LogP contribution < -0.4 is 10.9 Å². The molecule has 1 amide bonds. The van der Waals surface area contributed by atoms with Crippen molar-refractivity contribution in [2.75, 3.05) is 5.75 Å². The molecule has 0 aliphatic heterocycles. The van der Waals surface area contributed by atoms with Crippen LogP contribution >= 0.6 is 11.8 Å². The summed E-state index contributed by atoms with van der Waals surface area (Å²) < 4.78 is 1.99. The van der Waals surface area contributed by atoms with E-state index in [9.17, 15) is 4.79 Å². The first-order chi connectivity index (χ1) is 11.6. The topological polar surface area (TPSA) is 58.9 Å². The third-order valence-electron chi connectivity index (χ3n) is 3.55. The van der Waals surface area contributed by atoms with Gasteiger partial charge in [-0.2, -0.15) is 0 Å². The van der Waals surface area contributed by atoms with E-state index in [1.54, 1.807) is 0 Å². The molecular formula is C18H18N4OS. The molecule has 2 N–H and O–H groups in total. The first-order valence-electron chi connectivity index (χ1n) is 7.48. The summed E-state index contributed by atoms with van der Waals surface area (Å²) in [5, 5.41) is 0.813. The zero-order valence-electron chi connectivity index (χ0n) is 13.3.